The van der Waals surface area contributed by atoms with Gasteiger partial charge in [-0.3, -0.25) is 18.6 Å². The molecule has 1 saturated carbocycles. The zero-order valence-electron chi connectivity index (χ0n) is 23.1. The lowest BCUT2D eigenvalue weighted by Gasteiger charge is -2.35. The molecule has 2 aromatic carbocycles. The number of anilines is 1. The Bertz CT molecular complexity index is 1580. The number of carbonyl (C=O) groups excluding carboxylic acids is 2. The van der Waals surface area contributed by atoms with Crippen LogP contribution in [-0.2, 0) is 47.0 Å². The van der Waals surface area contributed by atoms with Crippen LogP contribution in [0.4, 0.5) is 18.9 Å². The number of nitrogens with one attached hydrogen (secondary N) is 1. The molecule has 1 amide bonds. The van der Waals surface area contributed by atoms with E-state index in [1.807, 2.05) is 25.5 Å². The molecule has 10 nitrogen and oxygen atoms in total. The van der Waals surface area contributed by atoms with E-state index in [2.05, 4.69) is 0 Å². The van der Waals surface area contributed by atoms with Gasteiger partial charge < -0.3 is 9.47 Å². The molecule has 15 heteroatoms. The number of nitrogens with zero attached hydrogens (tertiary/aromatic N) is 1. The second kappa shape index (κ2) is 11.4. The molecule has 0 unspecified atom stereocenters. The summed E-state index contributed by atoms with van der Waals surface area (Å²) < 4.78 is 106. The normalized spacial score (nSPS) is 17.7. The number of amides is 1. The lowest BCUT2D eigenvalue weighted by molar-refractivity contribution is -0.145. The Morgan fingerprint density at radius 1 is 1.05 bits per heavy atom. The molecule has 0 spiro atoms. The third-order valence-corrected chi connectivity index (χ3v) is 9.99. The standard InChI is InChI=1S/C27H31F3N2O8S2/c1-26(2,3)16-39-25(34)12-17-7-10-23-22(11-17)32(42(37,38)21-6-4-5-18(13-21)27(28,29)30)15-19(40-23)14-24(33)31-41(35,36)20-8-9-20/h4-7,10-11,13,19-20H,8-9,12,14-16H2,1-3H3,(H,31,33)/t19-/m0/s1. The molecule has 1 N–H and O–H groups in total. The highest BCUT2D eigenvalue weighted by molar-refractivity contribution is 7.92. The second-order valence-electron chi connectivity index (χ2n) is 11.5. The quantitative estimate of drug-likeness (QED) is 0.413. The number of carbonyl (C=O) groups is 2. The van der Waals surface area contributed by atoms with Crippen molar-refractivity contribution in [2.75, 3.05) is 17.5 Å². The maximum Gasteiger partial charge on any atom is 0.416 e. The van der Waals surface area contributed by atoms with E-state index < -0.39 is 72.9 Å². The highest BCUT2D eigenvalue weighted by Crippen LogP contribution is 2.39. The first kappa shape index (κ1) is 31.6. The summed E-state index contributed by atoms with van der Waals surface area (Å²) in [5, 5.41) is -0.666. The summed E-state index contributed by atoms with van der Waals surface area (Å²) in [5.41, 5.74) is -1.16. The highest BCUT2D eigenvalue weighted by atomic mass is 32.2. The van der Waals surface area contributed by atoms with Crippen molar-refractivity contribution >= 4 is 37.6 Å². The fraction of sp³-hybridized carbons (Fsp3) is 0.481. The number of sulfonamides is 2. The summed E-state index contributed by atoms with van der Waals surface area (Å²) in [4.78, 5) is 24.3. The largest absolute Gasteiger partial charge is 0.486 e. The van der Waals surface area contributed by atoms with Crippen molar-refractivity contribution in [1.29, 1.82) is 0 Å². The maximum atomic E-state index is 13.7. The minimum absolute atomic E-state index is 0.0218. The van der Waals surface area contributed by atoms with Crippen molar-refractivity contribution in [3.8, 4) is 5.75 Å². The first-order valence-corrected chi connectivity index (χ1v) is 16.0. The van der Waals surface area contributed by atoms with Crippen molar-refractivity contribution in [1.82, 2.24) is 4.72 Å². The molecule has 1 atom stereocenters. The van der Waals surface area contributed by atoms with Crippen LogP contribution in [0.5, 0.6) is 5.75 Å². The average molecular weight is 633 g/mol. The number of alkyl halides is 3. The van der Waals surface area contributed by atoms with E-state index in [-0.39, 0.29) is 29.9 Å². The molecule has 1 fully saturated rings. The Hall–Kier alpha value is -3.33. The van der Waals surface area contributed by atoms with Crippen LogP contribution in [-0.4, -0.2) is 53.2 Å². The molecule has 0 bridgehead atoms. The summed E-state index contributed by atoms with van der Waals surface area (Å²) in [6.45, 7) is 5.28. The van der Waals surface area contributed by atoms with E-state index in [4.69, 9.17) is 9.47 Å². The maximum absolute atomic E-state index is 13.7. The predicted molar refractivity (Wildman–Crippen MR) is 146 cm³/mol. The third-order valence-electron chi connectivity index (χ3n) is 6.35. The van der Waals surface area contributed by atoms with Crippen LogP contribution >= 0.6 is 0 Å². The molecule has 0 saturated heterocycles. The second-order valence-corrected chi connectivity index (χ2v) is 15.3. The van der Waals surface area contributed by atoms with Gasteiger partial charge in [-0.1, -0.05) is 32.9 Å². The molecule has 4 rings (SSSR count). The molecule has 42 heavy (non-hydrogen) atoms. The topological polar surface area (TPSA) is 136 Å². The third kappa shape index (κ3) is 7.73. The molecule has 2 aromatic rings. The van der Waals surface area contributed by atoms with Gasteiger partial charge in [-0.15, -0.1) is 0 Å². The summed E-state index contributed by atoms with van der Waals surface area (Å²) in [6, 6.07) is 7.44. The van der Waals surface area contributed by atoms with Crippen LogP contribution < -0.4 is 13.8 Å². The fourth-order valence-corrected chi connectivity index (χ4v) is 7.01. The summed E-state index contributed by atoms with van der Waals surface area (Å²) in [6.07, 6.45) is -5.89. The van der Waals surface area contributed by atoms with E-state index >= 15 is 0 Å². The lowest BCUT2D eigenvalue weighted by atomic mass is 9.99. The van der Waals surface area contributed by atoms with Crippen LogP contribution in [0.25, 0.3) is 0 Å². The van der Waals surface area contributed by atoms with Gasteiger partial charge in [0.05, 0.1) is 47.4 Å². The van der Waals surface area contributed by atoms with Gasteiger partial charge in [0.1, 0.15) is 11.9 Å². The number of esters is 1. The Kier molecular flexibility index (Phi) is 8.57. The zero-order valence-corrected chi connectivity index (χ0v) is 24.7. The predicted octanol–water partition coefficient (Wildman–Crippen LogP) is 3.79. The van der Waals surface area contributed by atoms with E-state index in [1.54, 1.807) is 0 Å². The highest BCUT2D eigenvalue weighted by Gasteiger charge is 2.40. The van der Waals surface area contributed by atoms with Crippen molar-refractivity contribution in [2.45, 2.75) is 68.9 Å². The number of rotatable bonds is 9. The minimum atomic E-state index is -4.80. The molecule has 1 aliphatic carbocycles. The number of benzene rings is 2. The van der Waals surface area contributed by atoms with Gasteiger partial charge in [0, 0.05) is 0 Å². The molecule has 0 radical (unpaired) electrons. The molecule has 0 aromatic heterocycles. The van der Waals surface area contributed by atoms with Gasteiger partial charge in [-0.05, 0) is 54.2 Å². The first-order valence-electron chi connectivity index (χ1n) is 13.0. The number of fused-ring (bicyclic) bond motifs is 1. The molecule has 1 heterocycles. The SMILES string of the molecule is CC(C)(C)COC(=O)Cc1ccc2c(c1)N(S(=O)(=O)c1cccc(C(F)(F)F)c1)C[C@H](CC(=O)NS(=O)(=O)C1CC1)O2. The van der Waals surface area contributed by atoms with Crippen molar-refractivity contribution in [3.63, 3.8) is 0 Å². The van der Waals surface area contributed by atoms with Crippen molar-refractivity contribution in [2.24, 2.45) is 5.41 Å². The number of halogens is 3. The molecule has 2 aliphatic rings. The summed E-state index contributed by atoms with van der Waals surface area (Å²) in [5.74, 6) is -1.50. The average Bonchev–Trinajstić information content (AvgIpc) is 3.72. The molecule has 230 valence electrons. The van der Waals surface area contributed by atoms with Crippen molar-refractivity contribution in [3.05, 3.63) is 53.6 Å². The first-order chi connectivity index (χ1) is 19.3. The van der Waals surface area contributed by atoms with E-state index in [9.17, 15) is 39.6 Å². The number of ether oxygens (including phenoxy) is 2. The zero-order chi connectivity index (χ0) is 31.1. The number of hydrogen-bond donors (Lipinski definition) is 1. The summed E-state index contributed by atoms with van der Waals surface area (Å²) >= 11 is 0. The van der Waals surface area contributed by atoms with Gasteiger partial charge in [0.25, 0.3) is 10.0 Å². The molecule has 1 aliphatic heterocycles. The van der Waals surface area contributed by atoms with E-state index in [0.29, 0.717) is 24.5 Å². The Morgan fingerprint density at radius 3 is 2.36 bits per heavy atom. The van der Waals surface area contributed by atoms with Gasteiger partial charge in [-0.2, -0.15) is 13.2 Å². The Balaban J connectivity index is 1.66. The van der Waals surface area contributed by atoms with E-state index in [1.165, 1.54) is 18.2 Å². The van der Waals surface area contributed by atoms with Crippen LogP contribution in [0, 0.1) is 5.41 Å². The monoisotopic (exact) mass is 632 g/mol. The van der Waals surface area contributed by atoms with Crippen molar-refractivity contribution < 1.29 is 49.1 Å². The smallest absolute Gasteiger partial charge is 0.416 e. The van der Waals surface area contributed by atoms with E-state index in [0.717, 1.165) is 22.5 Å². The van der Waals surface area contributed by atoms with Gasteiger partial charge >= 0.3 is 12.1 Å². The van der Waals surface area contributed by atoms with Crippen LogP contribution in [0.2, 0.25) is 0 Å². The molecular weight excluding hydrogens is 601 g/mol. The van der Waals surface area contributed by atoms with Gasteiger partial charge in [0.15, 0.2) is 0 Å². The summed E-state index contributed by atoms with van der Waals surface area (Å²) in [7, 11) is -8.52. The molecular formula is C27H31F3N2O8S2. The fourth-order valence-electron chi connectivity index (χ4n) is 4.15. The van der Waals surface area contributed by atoms with Gasteiger partial charge in [0.2, 0.25) is 15.9 Å². The Morgan fingerprint density at radius 2 is 1.74 bits per heavy atom. The van der Waals surface area contributed by atoms with Crippen LogP contribution in [0.15, 0.2) is 47.4 Å². The minimum Gasteiger partial charge on any atom is -0.486 e. The lowest BCUT2D eigenvalue weighted by Crippen LogP contribution is -2.46. The van der Waals surface area contributed by atoms with Crippen LogP contribution in [0.1, 0.15) is 51.2 Å². The Labute approximate surface area is 242 Å². The number of hydrogen-bond acceptors (Lipinski definition) is 8. The van der Waals surface area contributed by atoms with Gasteiger partial charge in [-0.25, -0.2) is 16.8 Å². The van der Waals surface area contributed by atoms with Crippen LogP contribution in [0.3, 0.4) is 0 Å².